The van der Waals surface area contributed by atoms with Crippen molar-refractivity contribution in [2.24, 2.45) is 0 Å². The fourth-order valence-corrected chi connectivity index (χ4v) is 3.73. The Bertz CT molecular complexity index is 676. The number of nitrogens with zero attached hydrogens (tertiary/aromatic N) is 4. The standard InChI is InChI=1S/C16H20N4.2C2H6/c1-10-9-14-15-13(17-10)7-6-12-5-3-4-8-20(12)16(15)19-11(2)18-14;2*1-2/h9,12H,3-8H2,1-2H3;2*1-2H3. The van der Waals surface area contributed by atoms with Crippen LogP contribution in [0.3, 0.4) is 0 Å². The van der Waals surface area contributed by atoms with E-state index >= 15 is 0 Å². The number of hydrogen-bond donors (Lipinski definition) is 0. The van der Waals surface area contributed by atoms with Gasteiger partial charge in [-0.2, -0.15) is 0 Å². The van der Waals surface area contributed by atoms with E-state index < -0.39 is 0 Å². The van der Waals surface area contributed by atoms with Crippen LogP contribution in [0.4, 0.5) is 5.82 Å². The second-order valence-electron chi connectivity index (χ2n) is 6.08. The zero-order chi connectivity index (χ0) is 17.7. The van der Waals surface area contributed by atoms with Crippen LogP contribution in [0.1, 0.15) is 70.6 Å². The number of fused-ring (bicyclic) bond motifs is 2. The van der Waals surface area contributed by atoms with E-state index in [2.05, 4.69) is 22.9 Å². The molecule has 0 radical (unpaired) electrons. The number of pyridine rings is 1. The minimum atomic E-state index is 0.635. The van der Waals surface area contributed by atoms with Gasteiger partial charge in [0.15, 0.2) is 0 Å². The Kier molecular flexibility index (Phi) is 6.52. The molecule has 1 unspecified atom stereocenters. The van der Waals surface area contributed by atoms with Crippen LogP contribution in [-0.4, -0.2) is 27.5 Å². The van der Waals surface area contributed by atoms with E-state index in [1.807, 2.05) is 34.6 Å². The van der Waals surface area contributed by atoms with Crippen molar-refractivity contribution in [3.05, 3.63) is 23.3 Å². The first-order valence-corrected chi connectivity index (χ1v) is 9.64. The molecular formula is C20H32N4. The Balaban J connectivity index is 0.000000487. The number of anilines is 1. The minimum absolute atomic E-state index is 0.635. The average Bonchev–Trinajstić information content (AvgIpc) is 2.76. The van der Waals surface area contributed by atoms with E-state index in [9.17, 15) is 0 Å². The highest BCUT2D eigenvalue weighted by Gasteiger charge is 2.29. The molecule has 1 fully saturated rings. The summed E-state index contributed by atoms with van der Waals surface area (Å²) in [7, 11) is 0. The van der Waals surface area contributed by atoms with E-state index in [4.69, 9.17) is 9.97 Å². The Morgan fingerprint density at radius 1 is 0.958 bits per heavy atom. The number of aryl methyl sites for hydroxylation is 3. The zero-order valence-corrected chi connectivity index (χ0v) is 16.2. The smallest absolute Gasteiger partial charge is 0.142 e. The predicted molar refractivity (Wildman–Crippen MR) is 103 cm³/mol. The van der Waals surface area contributed by atoms with Crippen LogP contribution < -0.4 is 4.90 Å². The van der Waals surface area contributed by atoms with Gasteiger partial charge in [0.1, 0.15) is 11.6 Å². The van der Waals surface area contributed by atoms with Gasteiger partial charge in [0, 0.05) is 18.3 Å². The van der Waals surface area contributed by atoms with Crippen molar-refractivity contribution in [1.29, 1.82) is 0 Å². The third kappa shape index (κ3) is 3.52. The lowest BCUT2D eigenvalue weighted by atomic mass is 9.99. The maximum Gasteiger partial charge on any atom is 0.142 e. The molecule has 1 saturated heterocycles. The molecule has 2 aromatic rings. The van der Waals surface area contributed by atoms with Crippen molar-refractivity contribution in [1.82, 2.24) is 15.0 Å². The quantitative estimate of drug-likeness (QED) is 0.682. The Hall–Kier alpha value is -1.71. The van der Waals surface area contributed by atoms with Gasteiger partial charge < -0.3 is 4.90 Å². The molecule has 132 valence electrons. The molecule has 4 heteroatoms. The summed E-state index contributed by atoms with van der Waals surface area (Å²) in [5, 5.41) is 1.20. The Morgan fingerprint density at radius 2 is 1.71 bits per heavy atom. The van der Waals surface area contributed by atoms with E-state index in [-0.39, 0.29) is 0 Å². The zero-order valence-electron chi connectivity index (χ0n) is 16.2. The van der Waals surface area contributed by atoms with Crippen molar-refractivity contribution in [3.8, 4) is 0 Å². The number of aromatic nitrogens is 3. The predicted octanol–water partition coefficient (Wildman–Crippen LogP) is 5.00. The molecule has 0 saturated carbocycles. The lowest BCUT2D eigenvalue weighted by molar-refractivity contribution is 0.438. The van der Waals surface area contributed by atoms with Crippen molar-refractivity contribution < 1.29 is 0 Å². The lowest BCUT2D eigenvalue weighted by Gasteiger charge is -2.36. The summed E-state index contributed by atoms with van der Waals surface area (Å²) in [6.45, 7) is 13.2. The maximum absolute atomic E-state index is 4.78. The van der Waals surface area contributed by atoms with Gasteiger partial charge in [0.25, 0.3) is 0 Å². The van der Waals surface area contributed by atoms with Gasteiger partial charge in [0.2, 0.25) is 0 Å². The van der Waals surface area contributed by atoms with Crippen LogP contribution in [0.25, 0.3) is 10.9 Å². The van der Waals surface area contributed by atoms with Gasteiger partial charge in [-0.1, -0.05) is 27.7 Å². The number of rotatable bonds is 0. The summed E-state index contributed by atoms with van der Waals surface area (Å²) in [4.78, 5) is 16.7. The SMILES string of the molecule is CC.CC.Cc1cc2nc(C)nc3c2c(n1)CCC1CCCCN31. The van der Waals surface area contributed by atoms with Crippen molar-refractivity contribution in [2.75, 3.05) is 11.4 Å². The molecule has 1 atom stereocenters. The summed E-state index contributed by atoms with van der Waals surface area (Å²) >= 11 is 0. The number of piperidine rings is 1. The summed E-state index contributed by atoms with van der Waals surface area (Å²) in [6, 6.07) is 2.73. The molecule has 0 amide bonds. The lowest BCUT2D eigenvalue weighted by Crippen LogP contribution is -2.39. The molecule has 2 aromatic heterocycles. The van der Waals surface area contributed by atoms with Crippen molar-refractivity contribution in [2.45, 2.75) is 79.7 Å². The van der Waals surface area contributed by atoms with Crippen LogP contribution in [-0.2, 0) is 6.42 Å². The van der Waals surface area contributed by atoms with Crippen LogP contribution >= 0.6 is 0 Å². The van der Waals surface area contributed by atoms with Gasteiger partial charge in [-0.3, -0.25) is 4.98 Å². The first-order chi connectivity index (χ1) is 11.7. The molecule has 0 N–H and O–H groups in total. The van der Waals surface area contributed by atoms with Gasteiger partial charge in [-0.05, 0) is 52.0 Å². The highest BCUT2D eigenvalue weighted by molar-refractivity contribution is 5.92. The topological polar surface area (TPSA) is 41.9 Å². The summed E-state index contributed by atoms with van der Waals surface area (Å²) < 4.78 is 0. The number of hydrogen-bond acceptors (Lipinski definition) is 4. The normalized spacial score (nSPS) is 18.6. The van der Waals surface area contributed by atoms with Gasteiger partial charge in [0.05, 0.1) is 16.6 Å². The van der Waals surface area contributed by atoms with Crippen molar-refractivity contribution in [3.63, 3.8) is 0 Å². The van der Waals surface area contributed by atoms with E-state index in [0.717, 1.165) is 35.8 Å². The Morgan fingerprint density at radius 3 is 2.46 bits per heavy atom. The molecule has 4 rings (SSSR count). The monoisotopic (exact) mass is 328 g/mol. The van der Waals surface area contributed by atoms with E-state index in [0.29, 0.717) is 6.04 Å². The molecule has 4 heterocycles. The highest BCUT2D eigenvalue weighted by Crippen LogP contribution is 2.36. The molecule has 0 spiro atoms. The largest absolute Gasteiger partial charge is 0.353 e. The Labute approximate surface area is 146 Å². The molecule has 0 bridgehead atoms. The fourth-order valence-electron chi connectivity index (χ4n) is 3.73. The van der Waals surface area contributed by atoms with Crippen LogP contribution in [0.2, 0.25) is 0 Å². The fraction of sp³-hybridized carbons (Fsp3) is 0.650. The van der Waals surface area contributed by atoms with Crippen molar-refractivity contribution >= 4 is 16.7 Å². The minimum Gasteiger partial charge on any atom is -0.353 e. The van der Waals surface area contributed by atoms with Crippen LogP contribution in [0.15, 0.2) is 6.07 Å². The van der Waals surface area contributed by atoms with Crippen LogP contribution in [0, 0.1) is 13.8 Å². The maximum atomic E-state index is 4.78. The molecular weight excluding hydrogens is 296 g/mol. The third-order valence-electron chi connectivity index (χ3n) is 4.59. The second-order valence-corrected chi connectivity index (χ2v) is 6.08. The van der Waals surface area contributed by atoms with Crippen LogP contribution in [0.5, 0.6) is 0 Å². The molecule has 2 aliphatic heterocycles. The van der Waals surface area contributed by atoms with Gasteiger partial charge >= 0.3 is 0 Å². The summed E-state index contributed by atoms with van der Waals surface area (Å²) in [5.74, 6) is 2.01. The van der Waals surface area contributed by atoms with Gasteiger partial charge in [-0.15, -0.1) is 0 Å². The molecule has 0 aliphatic carbocycles. The molecule has 24 heavy (non-hydrogen) atoms. The molecule has 4 nitrogen and oxygen atoms in total. The third-order valence-corrected chi connectivity index (χ3v) is 4.59. The average molecular weight is 329 g/mol. The summed E-state index contributed by atoms with van der Waals surface area (Å²) in [6.07, 6.45) is 6.16. The van der Waals surface area contributed by atoms with E-state index in [1.54, 1.807) is 0 Å². The summed E-state index contributed by atoms with van der Waals surface area (Å²) in [5.41, 5.74) is 3.34. The first kappa shape index (κ1) is 18.6. The highest BCUT2D eigenvalue weighted by atomic mass is 15.2. The first-order valence-electron chi connectivity index (χ1n) is 9.64. The van der Waals surface area contributed by atoms with E-state index in [1.165, 1.54) is 36.8 Å². The molecule has 2 aliphatic rings. The van der Waals surface area contributed by atoms with Gasteiger partial charge in [-0.25, -0.2) is 9.97 Å². The molecule has 0 aromatic carbocycles. The second kappa shape index (κ2) is 8.41.